The molecule has 0 radical (unpaired) electrons. The van der Waals surface area contributed by atoms with Gasteiger partial charge in [-0.3, -0.25) is 14.6 Å². The maximum atomic E-state index is 13.1. The zero-order valence-corrected chi connectivity index (χ0v) is 17.9. The number of carbonyl (C=O) groups is 2. The maximum Gasteiger partial charge on any atom is 0.279 e. The van der Waals surface area contributed by atoms with Gasteiger partial charge >= 0.3 is 0 Å². The smallest absolute Gasteiger partial charge is 0.279 e. The van der Waals surface area contributed by atoms with E-state index in [1.54, 1.807) is 42.5 Å². The van der Waals surface area contributed by atoms with Gasteiger partial charge in [-0.2, -0.15) is 0 Å². The predicted molar refractivity (Wildman–Crippen MR) is 120 cm³/mol. The van der Waals surface area contributed by atoms with Gasteiger partial charge in [-0.25, -0.2) is 9.97 Å². The van der Waals surface area contributed by atoms with Gasteiger partial charge < -0.3 is 14.8 Å². The largest absolute Gasteiger partial charge is 0.493 e. The Morgan fingerprint density at radius 3 is 2.38 bits per heavy atom. The van der Waals surface area contributed by atoms with Crippen molar-refractivity contribution >= 4 is 40.0 Å². The van der Waals surface area contributed by atoms with E-state index in [-0.39, 0.29) is 17.4 Å². The molecule has 1 N–H and O–H groups in total. The average Bonchev–Trinajstić information content (AvgIpc) is 2.80. The molecule has 2 aromatic carbocycles. The molecular formula is C23H17ClN4O4. The van der Waals surface area contributed by atoms with Gasteiger partial charge in [-0.05, 0) is 36.4 Å². The molecule has 0 aliphatic carbocycles. The van der Waals surface area contributed by atoms with Crippen molar-refractivity contribution in [1.29, 1.82) is 0 Å². The third kappa shape index (κ3) is 4.50. The van der Waals surface area contributed by atoms with Gasteiger partial charge in [-0.1, -0.05) is 23.7 Å². The fraction of sp³-hybridized carbons (Fsp3) is 0.0870. The molecule has 4 rings (SSSR count). The number of carbonyl (C=O) groups excluding carboxylic acids is 2. The van der Waals surface area contributed by atoms with Crippen molar-refractivity contribution in [3.05, 3.63) is 77.2 Å². The Morgan fingerprint density at radius 1 is 0.969 bits per heavy atom. The van der Waals surface area contributed by atoms with Crippen LogP contribution in [-0.2, 0) is 0 Å². The number of pyridine rings is 1. The first kappa shape index (κ1) is 21.2. The number of para-hydroxylation sites is 2. The number of methoxy groups -OCH3 is 1. The van der Waals surface area contributed by atoms with Crippen LogP contribution in [-0.4, -0.2) is 33.8 Å². The van der Waals surface area contributed by atoms with Crippen molar-refractivity contribution in [1.82, 2.24) is 15.0 Å². The van der Waals surface area contributed by atoms with Crippen molar-refractivity contribution < 1.29 is 19.1 Å². The van der Waals surface area contributed by atoms with Crippen LogP contribution in [0.2, 0.25) is 5.02 Å². The number of fused-ring (bicyclic) bond motifs is 1. The highest BCUT2D eigenvalue weighted by Crippen LogP contribution is 2.34. The van der Waals surface area contributed by atoms with E-state index in [0.29, 0.717) is 38.9 Å². The Bertz CT molecular complexity index is 1330. The fourth-order valence-corrected chi connectivity index (χ4v) is 3.06. The highest BCUT2D eigenvalue weighted by atomic mass is 35.5. The van der Waals surface area contributed by atoms with Crippen LogP contribution in [0.1, 0.15) is 27.9 Å². The predicted octanol–water partition coefficient (Wildman–Crippen LogP) is 4.93. The third-order valence-corrected chi connectivity index (χ3v) is 4.70. The van der Waals surface area contributed by atoms with Gasteiger partial charge in [0.05, 0.1) is 30.0 Å². The number of anilines is 1. The minimum atomic E-state index is -0.552. The quantitative estimate of drug-likeness (QED) is 0.417. The normalized spacial score (nSPS) is 10.6. The Kier molecular flexibility index (Phi) is 5.96. The highest BCUT2D eigenvalue weighted by molar-refractivity contribution is 6.30. The molecule has 0 saturated heterocycles. The molecule has 9 heteroatoms. The lowest BCUT2D eigenvalue weighted by atomic mass is 10.2. The number of hydrogen-bond donors (Lipinski definition) is 1. The molecule has 8 nitrogen and oxygen atoms in total. The number of ketones is 1. The summed E-state index contributed by atoms with van der Waals surface area (Å²) in [4.78, 5) is 37.4. The molecule has 2 aromatic heterocycles. The van der Waals surface area contributed by atoms with Crippen LogP contribution in [0.5, 0.6) is 17.4 Å². The molecule has 0 fully saturated rings. The van der Waals surface area contributed by atoms with Crippen molar-refractivity contribution in [2.75, 3.05) is 12.4 Å². The molecule has 0 unspecified atom stereocenters. The summed E-state index contributed by atoms with van der Waals surface area (Å²) in [6, 6.07) is 15.1. The standard InChI is InChI=1S/C23H17ClN4O4/c1-13(29)16-9-8-15(12-25-16)26-22(30)21-23(28-18-6-4-3-5-17(18)27-21)32-19-10-7-14(24)11-20(19)31-2/h3-12H,1-2H3,(H,26,30). The number of Topliss-reactive ketones (excluding diaryl/α,β-unsaturated/α-hetero) is 1. The molecule has 2 heterocycles. The van der Waals surface area contributed by atoms with Crippen molar-refractivity contribution in [2.45, 2.75) is 6.92 Å². The number of hydrogen-bond acceptors (Lipinski definition) is 7. The summed E-state index contributed by atoms with van der Waals surface area (Å²) in [6.07, 6.45) is 1.39. The average molecular weight is 449 g/mol. The first-order valence-corrected chi connectivity index (χ1v) is 9.89. The molecule has 0 aliphatic heterocycles. The minimum Gasteiger partial charge on any atom is -0.493 e. The summed E-state index contributed by atoms with van der Waals surface area (Å²) in [6.45, 7) is 1.42. The molecular weight excluding hydrogens is 432 g/mol. The molecule has 4 aromatic rings. The second-order valence-electron chi connectivity index (χ2n) is 6.71. The summed E-state index contributed by atoms with van der Waals surface area (Å²) in [5.41, 5.74) is 1.74. The number of rotatable bonds is 6. The minimum absolute atomic E-state index is 0.00450. The lowest BCUT2D eigenvalue weighted by molar-refractivity contribution is 0.100. The Labute approximate surface area is 188 Å². The Morgan fingerprint density at radius 2 is 1.72 bits per heavy atom. The number of aromatic nitrogens is 3. The van der Waals surface area contributed by atoms with Crippen LogP contribution < -0.4 is 14.8 Å². The van der Waals surface area contributed by atoms with Crippen LogP contribution in [0.4, 0.5) is 5.69 Å². The zero-order valence-electron chi connectivity index (χ0n) is 17.1. The molecule has 0 atom stereocenters. The fourth-order valence-electron chi connectivity index (χ4n) is 2.90. The molecule has 32 heavy (non-hydrogen) atoms. The SMILES string of the molecule is COc1cc(Cl)ccc1Oc1nc2ccccc2nc1C(=O)Nc1ccc(C(C)=O)nc1. The van der Waals surface area contributed by atoms with Crippen LogP contribution in [0, 0.1) is 0 Å². The lowest BCUT2D eigenvalue weighted by Gasteiger charge is -2.13. The Hall–Kier alpha value is -4.04. The molecule has 0 spiro atoms. The van der Waals surface area contributed by atoms with Crippen LogP contribution >= 0.6 is 11.6 Å². The number of halogens is 1. The summed E-state index contributed by atoms with van der Waals surface area (Å²) in [5.74, 6) is -0.0274. The van der Waals surface area contributed by atoms with E-state index in [1.165, 1.54) is 26.3 Å². The van der Waals surface area contributed by atoms with E-state index in [0.717, 1.165) is 0 Å². The zero-order chi connectivity index (χ0) is 22.7. The van der Waals surface area contributed by atoms with Gasteiger partial charge in [0.2, 0.25) is 0 Å². The summed E-state index contributed by atoms with van der Waals surface area (Å²) < 4.78 is 11.2. The molecule has 0 aliphatic rings. The highest BCUT2D eigenvalue weighted by Gasteiger charge is 2.20. The van der Waals surface area contributed by atoms with E-state index in [9.17, 15) is 9.59 Å². The number of nitrogens with zero attached hydrogens (tertiary/aromatic N) is 3. The monoisotopic (exact) mass is 448 g/mol. The first-order valence-electron chi connectivity index (χ1n) is 9.51. The van der Waals surface area contributed by atoms with Crippen LogP contribution in [0.15, 0.2) is 60.8 Å². The lowest BCUT2D eigenvalue weighted by Crippen LogP contribution is -2.16. The van der Waals surface area contributed by atoms with Crippen molar-refractivity contribution in [2.24, 2.45) is 0 Å². The summed E-state index contributed by atoms with van der Waals surface area (Å²) in [7, 11) is 1.48. The number of nitrogens with one attached hydrogen (secondary N) is 1. The second kappa shape index (κ2) is 8.99. The first-order chi connectivity index (χ1) is 15.4. The van der Waals surface area contributed by atoms with Crippen LogP contribution in [0.25, 0.3) is 11.0 Å². The topological polar surface area (TPSA) is 103 Å². The Balaban J connectivity index is 1.72. The van der Waals surface area contributed by atoms with Gasteiger partial charge in [-0.15, -0.1) is 0 Å². The van der Waals surface area contributed by atoms with E-state index in [4.69, 9.17) is 21.1 Å². The van der Waals surface area contributed by atoms with E-state index in [2.05, 4.69) is 20.3 Å². The van der Waals surface area contributed by atoms with E-state index < -0.39 is 5.91 Å². The van der Waals surface area contributed by atoms with Crippen molar-refractivity contribution in [3.63, 3.8) is 0 Å². The summed E-state index contributed by atoms with van der Waals surface area (Å²) in [5, 5.41) is 3.18. The van der Waals surface area contributed by atoms with Crippen molar-refractivity contribution in [3.8, 4) is 17.4 Å². The summed E-state index contributed by atoms with van der Waals surface area (Å²) >= 11 is 6.02. The number of benzene rings is 2. The number of amides is 1. The van der Waals surface area contributed by atoms with E-state index in [1.807, 2.05) is 6.07 Å². The molecule has 0 bridgehead atoms. The van der Waals surface area contributed by atoms with Gasteiger partial charge in [0.25, 0.3) is 11.8 Å². The number of ether oxygens (including phenoxy) is 2. The maximum absolute atomic E-state index is 13.1. The second-order valence-corrected chi connectivity index (χ2v) is 7.14. The molecule has 160 valence electrons. The van der Waals surface area contributed by atoms with Gasteiger partial charge in [0, 0.05) is 18.0 Å². The molecule has 0 saturated carbocycles. The van der Waals surface area contributed by atoms with E-state index >= 15 is 0 Å². The van der Waals surface area contributed by atoms with Gasteiger partial charge in [0.1, 0.15) is 5.69 Å². The molecule has 1 amide bonds. The van der Waals surface area contributed by atoms with Gasteiger partial charge in [0.15, 0.2) is 23.0 Å². The third-order valence-electron chi connectivity index (χ3n) is 4.47. The van der Waals surface area contributed by atoms with Crippen LogP contribution in [0.3, 0.4) is 0 Å².